The van der Waals surface area contributed by atoms with Crippen LogP contribution in [0.5, 0.6) is 0 Å². The van der Waals surface area contributed by atoms with Crippen LogP contribution in [0, 0.1) is 6.92 Å². The first kappa shape index (κ1) is 21.5. The summed E-state index contributed by atoms with van der Waals surface area (Å²) in [4.78, 5) is 15.9. The highest BCUT2D eigenvalue weighted by Crippen LogP contribution is 2.44. The van der Waals surface area contributed by atoms with Crippen molar-refractivity contribution in [2.24, 2.45) is 0 Å². The Kier molecular flexibility index (Phi) is 5.23. The van der Waals surface area contributed by atoms with Crippen molar-refractivity contribution in [2.45, 2.75) is 38.5 Å². The van der Waals surface area contributed by atoms with E-state index < -0.39 is 0 Å². The number of amides is 1. The zero-order valence-corrected chi connectivity index (χ0v) is 20.0. The summed E-state index contributed by atoms with van der Waals surface area (Å²) in [5, 5.41) is 1.74. The fraction of sp³-hybridized carbons (Fsp3) is 0.276. The monoisotopic (exact) mass is 470 g/mol. The van der Waals surface area contributed by atoms with Crippen molar-refractivity contribution >= 4 is 28.4 Å². The smallest absolute Gasteiger partial charge is 0.256 e. The fourth-order valence-electron chi connectivity index (χ4n) is 5.73. The van der Waals surface area contributed by atoms with Crippen LogP contribution in [0.3, 0.4) is 0 Å². The summed E-state index contributed by atoms with van der Waals surface area (Å²) in [5.74, 6) is 0.104. The summed E-state index contributed by atoms with van der Waals surface area (Å²) >= 11 is 6.46. The van der Waals surface area contributed by atoms with E-state index in [1.54, 1.807) is 0 Å². The number of piperidine rings is 1. The highest BCUT2D eigenvalue weighted by molar-refractivity contribution is 6.31. The Labute approximate surface area is 204 Å². The summed E-state index contributed by atoms with van der Waals surface area (Å²) < 4.78 is 8.52. The predicted octanol–water partition coefficient (Wildman–Crippen LogP) is 6.31. The van der Waals surface area contributed by atoms with Crippen molar-refractivity contribution in [3.8, 4) is 0 Å². The third kappa shape index (κ3) is 3.36. The van der Waals surface area contributed by atoms with Crippen molar-refractivity contribution in [3.05, 3.63) is 106 Å². The van der Waals surface area contributed by atoms with Crippen LogP contribution in [0.2, 0.25) is 5.02 Å². The van der Waals surface area contributed by atoms with Gasteiger partial charge in [-0.3, -0.25) is 4.79 Å². The van der Waals surface area contributed by atoms with Crippen molar-refractivity contribution < 1.29 is 9.53 Å². The summed E-state index contributed by atoms with van der Waals surface area (Å²) in [6.07, 6.45) is 1.65. The van der Waals surface area contributed by atoms with Crippen molar-refractivity contribution in [1.29, 1.82) is 0 Å². The van der Waals surface area contributed by atoms with Crippen LogP contribution >= 0.6 is 11.6 Å². The number of hydrogen-bond acceptors (Lipinski definition) is 2. The lowest BCUT2D eigenvalue weighted by molar-refractivity contribution is -0.0741. The number of aromatic nitrogens is 1. The molecule has 2 aliphatic rings. The molecule has 0 bridgehead atoms. The second kappa shape index (κ2) is 8.30. The van der Waals surface area contributed by atoms with Crippen molar-refractivity contribution in [2.75, 3.05) is 13.1 Å². The van der Waals surface area contributed by atoms with Crippen LogP contribution in [-0.4, -0.2) is 28.5 Å². The van der Waals surface area contributed by atoms with Gasteiger partial charge in [0.1, 0.15) is 0 Å². The largest absolute Gasteiger partial charge is 0.365 e. The van der Waals surface area contributed by atoms with Gasteiger partial charge in [-0.25, -0.2) is 0 Å². The summed E-state index contributed by atoms with van der Waals surface area (Å²) in [5.41, 5.74) is 6.21. The molecular weight excluding hydrogens is 444 g/mol. The number of likely N-dealkylation sites (tertiary alicyclic amines) is 1. The van der Waals surface area contributed by atoms with Crippen molar-refractivity contribution in [3.63, 3.8) is 0 Å². The molecule has 3 heterocycles. The number of rotatable bonds is 3. The second-order valence-electron chi connectivity index (χ2n) is 9.39. The number of carbonyl (C=O) groups is 1. The van der Waals surface area contributed by atoms with E-state index in [2.05, 4.69) is 41.0 Å². The van der Waals surface area contributed by atoms with E-state index in [4.69, 9.17) is 16.3 Å². The third-order valence-corrected chi connectivity index (χ3v) is 7.97. The van der Waals surface area contributed by atoms with E-state index in [9.17, 15) is 4.79 Å². The van der Waals surface area contributed by atoms with E-state index >= 15 is 0 Å². The molecule has 0 unspecified atom stereocenters. The molecule has 1 amide bonds. The lowest BCUT2D eigenvalue weighted by atomic mass is 9.83. The lowest BCUT2D eigenvalue weighted by Gasteiger charge is -2.39. The summed E-state index contributed by atoms with van der Waals surface area (Å²) in [6.45, 7) is 4.73. The number of fused-ring (bicyclic) bond motifs is 3. The molecule has 1 aromatic heterocycles. The van der Waals surface area contributed by atoms with E-state index in [1.165, 1.54) is 11.1 Å². The molecule has 5 heteroatoms. The molecule has 0 N–H and O–H groups in total. The molecule has 0 aliphatic carbocycles. The van der Waals surface area contributed by atoms with Gasteiger partial charge in [0.05, 0.1) is 17.8 Å². The minimum atomic E-state index is -0.250. The minimum absolute atomic E-state index is 0.104. The number of hydrogen-bond donors (Lipinski definition) is 0. The molecule has 6 rings (SSSR count). The quantitative estimate of drug-likeness (QED) is 0.351. The second-order valence-corrected chi connectivity index (χ2v) is 9.79. The predicted molar refractivity (Wildman–Crippen MR) is 135 cm³/mol. The van der Waals surface area contributed by atoms with Gasteiger partial charge in [-0.15, -0.1) is 0 Å². The maximum absolute atomic E-state index is 13.9. The Morgan fingerprint density at radius 2 is 1.68 bits per heavy atom. The Morgan fingerprint density at radius 1 is 0.971 bits per heavy atom. The zero-order valence-electron chi connectivity index (χ0n) is 19.3. The van der Waals surface area contributed by atoms with Gasteiger partial charge in [-0.1, -0.05) is 72.3 Å². The van der Waals surface area contributed by atoms with Gasteiger partial charge in [0.2, 0.25) is 0 Å². The van der Waals surface area contributed by atoms with Gasteiger partial charge < -0.3 is 14.2 Å². The average molecular weight is 471 g/mol. The Morgan fingerprint density at radius 3 is 2.50 bits per heavy atom. The van der Waals surface area contributed by atoms with Crippen molar-refractivity contribution in [1.82, 2.24) is 9.47 Å². The zero-order chi connectivity index (χ0) is 23.3. The first-order valence-electron chi connectivity index (χ1n) is 11.9. The van der Waals surface area contributed by atoms with Crippen LogP contribution in [-0.2, 0) is 23.5 Å². The van der Waals surface area contributed by atoms with E-state index in [-0.39, 0.29) is 11.5 Å². The normalized spacial score (nSPS) is 16.8. The SMILES string of the molecule is Cc1c(C(=O)N2CCC3(CC2)OCc2ccccc23)c2ccccc2n1Cc1ccccc1Cl. The Bertz CT molecular complexity index is 1400. The molecule has 0 radical (unpaired) electrons. The summed E-state index contributed by atoms with van der Waals surface area (Å²) in [6, 6.07) is 24.6. The van der Waals surface area contributed by atoms with Crippen LogP contribution < -0.4 is 0 Å². The highest BCUT2D eigenvalue weighted by Gasteiger charge is 2.43. The lowest BCUT2D eigenvalue weighted by Crippen LogP contribution is -2.45. The van der Waals surface area contributed by atoms with Crippen LogP contribution in [0.15, 0.2) is 72.8 Å². The van der Waals surface area contributed by atoms with Crippen LogP contribution in [0.4, 0.5) is 0 Å². The number of para-hydroxylation sites is 1. The van der Waals surface area contributed by atoms with Gasteiger partial charge in [0.15, 0.2) is 0 Å². The van der Waals surface area contributed by atoms with Gasteiger partial charge in [-0.2, -0.15) is 0 Å². The first-order valence-corrected chi connectivity index (χ1v) is 12.3. The molecule has 0 saturated carbocycles. The van der Waals surface area contributed by atoms with Gasteiger partial charge in [-0.05, 0) is 48.6 Å². The van der Waals surface area contributed by atoms with Crippen LogP contribution in [0.25, 0.3) is 10.9 Å². The molecule has 172 valence electrons. The maximum atomic E-state index is 13.9. The van der Waals surface area contributed by atoms with E-state index in [0.29, 0.717) is 26.2 Å². The standard InChI is InChI=1S/C29H27ClN2O2/c1-20-27(23-10-4-7-13-26(23)32(20)18-21-8-3-6-12-25(21)30)28(33)31-16-14-29(15-17-31)24-11-5-2-9-22(24)19-34-29/h2-13H,14-19H2,1H3. The first-order chi connectivity index (χ1) is 16.6. The maximum Gasteiger partial charge on any atom is 0.256 e. The van der Waals surface area contributed by atoms with Gasteiger partial charge in [0, 0.05) is 41.3 Å². The molecule has 0 atom stereocenters. The molecule has 1 saturated heterocycles. The molecule has 4 nitrogen and oxygen atoms in total. The number of ether oxygens (including phenoxy) is 1. The fourth-order valence-corrected chi connectivity index (χ4v) is 5.92. The Hall–Kier alpha value is -3.08. The molecule has 34 heavy (non-hydrogen) atoms. The van der Waals surface area contributed by atoms with E-state index in [1.807, 2.05) is 48.2 Å². The number of halogens is 1. The number of carbonyl (C=O) groups excluding carboxylic acids is 1. The van der Waals surface area contributed by atoms with Gasteiger partial charge in [0.25, 0.3) is 5.91 Å². The molecule has 1 spiro atoms. The topological polar surface area (TPSA) is 34.5 Å². The molecule has 4 aromatic rings. The third-order valence-electron chi connectivity index (χ3n) is 7.60. The Balaban J connectivity index is 1.31. The average Bonchev–Trinajstić information content (AvgIpc) is 3.36. The molecule has 3 aromatic carbocycles. The molecule has 1 fully saturated rings. The highest BCUT2D eigenvalue weighted by atomic mass is 35.5. The number of nitrogens with zero attached hydrogens (tertiary/aromatic N) is 2. The summed E-state index contributed by atoms with van der Waals surface area (Å²) in [7, 11) is 0. The van der Waals surface area contributed by atoms with Gasteiger partial charge >= 0.3 is 0 Å². The van der Waals surface area contributed by atoms with Crippen LogP contribution in [0.1, 0.15) is 45.6 Å². The molecule has 2 aliphatic heterocycles. The van der Waals surface area contributed by atoms with E-state index in [0.717, 1.165) is 45.6 Å². The molecular formula is C29H27ClN2O2. The number of benzene rings is 3. The minimum Gasteiger partial charge on any atom is -0.365 e.